The third-order valence-corrected chi connectivity index (χ3v) is 4.58. The number of hydrogen-bond acceptors (Lipinski definition) is 5. The molecule has 0 unspecified atom stereocenters. The minimum absolute atomic E-state index is 0.00323. The van der Waals surface area contributed by atoms with Crippen molar-refractivity contribution < 1.29 is 13.5 Å². The number of aromatic amines is 1. The summed E-state index contributed by atoms with van der Waals surface area (Å²) in [5.41, 5.74) is 2.71. The third kappa shape index (κ3) is 3.15. The second kappa shape index (κ2) is 6.06. The first-order valence-electron chi connectivity index (χ1n) is 7.26. The summed E-state index contributed by atoms with van der Waals surface area (Å²) in [5.74, 6) is -0.0665. The van der Waals surface area contributed by atoms with Crippen LogP contribution in [0.25, 0.3) is 10.9 Å². The minimum atomic E-state index is -3.74. The van der Waals surface area contributed by atoms with Crippen molar-refractivity contribution in [3.8, 4) is 5.88 Å². The van der Waals surface area contributed by atoms with E-state index in [-0.39, 0.29) is 10.8 Å². The van der Waals surface area contributed by atoms with Crippen LogP contribution < -0.4 is 5.14 Å². The Morgan fingerprint density at radius 2 is 1.83 bits per heavy atom. The molecule has 1 heterocycles. The molecule has 0 amide bonds. The predicted molar refractivity (Wildman–Crippen MR) is 91.3 cm³/mol. The highest BCUT2D eigenvalue weighted by atomic mass is 32.2. The molecule has 3 aromatic rings. The number of fused-ring (bicyclic) bond motifs is 1. The molecule has 0 aliphatic heterocycles. The Morgan fingerprint density at radius 1 is 1.12 bits per heavy atom. The quantitative estimate of drug-likeness (QED) is 0.628. The van der Waals surface area contributed by atoms with E-state index < -0.39 is 10.0 Å². The van der Waals surface area contributed by atoms with Crippen LogP contribution in [-0.2, 0) is 16.4 Å². The molecule has 0 bridgehead atoms. The lowest BCUT2D eigenvalue weighted by molar-refractivity contribution is 0.459. The van der Waals surface area contributed by atoms with Gasteiger partial charge in [0.05, 0.1) is 16.1 Å². The lowest BCUT2D eigenvalue weighted by Crippen LogP contribution is -2.11. The second-order valence-electron chi connectivity index (χ2n) is 5.29. The molecular weight excluding hydrogens is 328 g/mol. The molecule has 24 heavy (non-hydrogen) atoms. The normalized spacial score (nSPS) is 12.2. The minimum Gasteiger partial charge on any atom is -0.493 e. The molecule has 0 radical (unpaired) electrons. The Kier molecular flexibility index (Phi) is 4.08. The standard InChI is InChI=1S/C16H16N4O3S/c1-2-10-3-8-13-14(9-10)18-16(21)15(13)20-19-11-4-6-12(7-5-11)24(17,22)23/h3-9,18,21H,2H2,1H3,(H2,17,22,23). The third-order valence-electron chi connectivity index (χ3n) is 3.66. The van der Waals surface area contributed by atoms with E-state index in [1.54, 1.807) is 0 Å². The highest BCUT2D eigenvalue weighted by molar-refractivity contribution is 7.89. The number of azo groups is 1. The maximum atomic E-state index is 11.2. The number of sulfonamides is 1. The summed E-state index contributed by atoms with van der Waals surface area (Å²) < 4.78 is 22.4. The summed E-state index contributed by atoms with van der Waals surface area (Å²) in [7, 11) is -3.74. The van der Waals surface area contributed by atoms with Gasteiger partial charge in [0.25, 0.3) is 0 Å². The van der Waals surface area contributed by atoms with Crippen molar-refractivity contribution in [2.45, 2.75) is 18.2 Å². The number of nitrogens with zero attached hydrogens (tertiary/aromatic N) is 2. The van der Waals surface area contributed by atoms with Gasteiger partial charge in [-0.25, -0.2) is 13.6 Å². The first kappa shape index (κ1) is 16.2. The molecule has 0 atom stereocenters. The van der Waals surface area contributed by atoms with Gasteiger partial charge in [-0.2, -0.15) is 5.11 Å². The fraction of sp³-hybridized carbons (Fsp3) is 0.125. The molecule has 0 saturated heterocycles. The summed E-state index contributed by atoms with van der Waals surface area (Å²) >= 11 is 0. The lowest BCUT2D eigenvalue weighted by Gasteiger charge is -1.98. The second-order valence-corrected chi connectivity index (χ2v) is 6.86. The van der Waals surface area contributed by atoms with Gasteiger partial charge in [-0.3, -0.25) is 0 Å². The number of nitrogens with two attached hydrogens (primary N) is 1. The van der Waals surface area contributed by atoms with Crippen LogP contribution in [0.3, 0.4) is 0 Å². The number of aromatic nitrogens is 1. The molecule has 0 fully saturated rings. The first-order chi connectivity index (χ1) is 11.4. The molecule has 8 heteroatoms. The van der Waals surface area contributed by atoms with Gasteiger partial charge in [0, 0.05) is 5.39 Å². The molecule has 2 aromatic carbocycles. The number of rotatable bonds is 4. The molecular formula is C16H16N4O3S. The number of aromatic hydroxyl groups is 1. The SMILES string of the molecule is CCc1ccc2c(N=Nc3ccc(S(N)(=O)=O)cc3)c(O)[nH]c2c1. The molecule has 124 valence electrons. The zero-order valence-electron chi connectivity index (χ0n) is 12.9. The van der Waals surface area contributed by atoms with Crippen LogP contribution in [-0.4, -0.2) is 18.5 Å². The average Bonchev–Trinajstić information content (AvgIpc) is 2.86. The molecule has 0 aliphatic carbocycles. The number of nitrogens with one attached hydrogen (secondary N) is 1. The Balaban J connectivity index is 1.94. The molecule has 0 saturated carbocycles. The van der Waals surface area contributed by atoms with Gasteiger partial charge < -0.3 is 10.1 Å². The summed E-state index contributed by atoms with van der Waals surface area (Å²) in [4.78, 5) is 2.88. The van der Waals surface area contributed by atoms with Gasteiger partial charge in [0.15, 0.2) is 5.69 Å². The summed E-state index contributed by atoms with van der Waals surface area (Å²) in [5, 5.41) is 23.9. The zero-order chi connectivity index (χ0) is 17.3. The van der Waals surface area contributed by atoms with E-state index in [1.165, 1.54) is 24.3 Å². The van der Waals surface area contributed by atoms with Gasteiger partial charge in [0.1, 0.15) is 0 Å². The van der Waals surface area contributed by atoms with E-state index in [9.17, 15) is 13.5 Å². The van der Waals surface area contributed by atoms with E-state index in [4.69, 9.17) is 5.14 Å². The van der Waals surface area contributed by atoms with Gasteiger partial charge in [-0.05, 0) is 42.3 Å². The van der Waals surface area contributed by atoms with Gasteiger partial charge in [-0.1, -0.05) is 19.1 Å². The Morgan fingerprint density at radius 3 is 2.46 bits per heavy atom. The maximum Gasteiger partial charge on any atom is 0.238 e. The van der Waals surface area contributed by atoms with Crippen LogP contribution in [0.2, 0.25) is 0 Å². The van der Waals surface area contributed by atoms with Crippen molar-refractivity contribution in [2.24, 2.45) is 15.4 Å². The van der Waals surface area contributed by atoms with Gasteiger partial charge in [-0.15, -0.1) is 5.11 Å². The van der Waals surface area contributed by atoms with E-state index >= 15 is 0 Å². The Bertz CT molecular complexity index is 1020. The van der Waals surface area contributed by atoms with Crippen molar-refractivity contribution >= 4 is 32.3 Å². The first-order valence-corrected chi connectivity index (χ1v) is 8.81. The van der Waals surface area contributed by atoms with Crippen molar-refractivity contribution in [3.05, 3.63) is 48.0 Å². The van der Waals surface area contributed by atoms with Crippen LogP contribution in [0.15, 0.2) is 57.6 Å². The molecule has 3 rings (SSSR count). The van der Waals surface area contributed by atoms with E-state index in [1.807, 2.05) is 18.2 Å². The summed E-state index contributed by atoms with van der Waals surface area (Å²) in [6.07, 6.45) is 0.892. The van der Waals surface area contributed by atoms with Crippen molar-refractivity contribution in [1.82, 2.24) is 4.98 Å². The van der Waals surface area contributed by atoms with E-state index in [2.05, 4.69) is 22.1 Å². The highest BCUT2D eigenvalue weighted by Gasteiger charge is 2.11. The van der Waals surface area contributed by atoms with Crippen LogP contribution >= 0.6 is 0 Å². The van der Waals surface area contributed by atoms with Gasteiger partial charge in [0.2, 0.25) is 15.9 Å². The van der Waals surface area contributed by atoms with Crippen molar-refractivity contribution in [2.75, 3.05) is 0 Å². The van der Waals surface area contributed by atoms with E-state index in [0.717, 1.165) is 22.9 Å². The van der Waals surface area contributed by atoms with Crippen LogP contribution in [0.1, 0.15) is 12.5 Å². The fourth-order valence-electron chi connectivity index (χ4n) is 2.35. The van der Waals surface area contributed by atoms with Crippen LogP contribution in [0.5, 0.6) is 5.88 Å². The molecule has 1 aromatic heterocycles. The Hall–Kier alpha value is -2.71. The number of H-pyrrole nitrogens is 1. The van der Waals surface area contributed by atoms with E-state index in [0.29, 0.717) is 11.4 Å². The van der Waals surface area contributed by atoms with Crippen molar-refractivity contribution in [3.63, 3.8) is 0 Å². The maximum absolute atomic E-state index is 11.2. The smallest absolute Gasteiger partial charge is 0.238 e. The number of primary sulfonamides is 1. The molecule has 4 N–H and O–H groups in total. The van der Waals surface area contributed by atoms with Crippen molar-refractivity contribution in [1.29, 1.82) is 0 Å². The molecule has 7 nitrogen and oxygen atoms in total. The number of hydrogen-bond donors (Lipinski definition) is 3. The number of aryl methyl sites for hydroxylation is 1. The van der Waals surface area contributed by atoms with Crippen LogP contribution in [0.4, 0.5) is 11.4 Å². The van der Waals surface area contributed by atoms with Gasteiger partial charge >= 0.3 is 0 Å². The monoisotopic (exact) mass is 344 g/mol. The highest BCUT2D eigenvalue weighted by Crippen LogP contribution is 2.36. The number of benzene rings is 2. The summed E-state index contributed by atoms with van der Waals surface area (Å²) in [6, 6.07) is 11.5. The fourth-order valence-corrected chi connectivity index (χ4v) is 2.86. The molecule has 0 aliphatic rings. The average molecular weight is 344 g/mol. The summed E-state index contributed by atoms with van der Waals surface area (Å²) in [6.45, 7) is 2.05. The molecule has 0 spiro atoms. The topological polar surface area (TPSA) is 121 Å². The predicted octanol–water partition coefficient (Wildman–Crippen LogP) is 3.50. The zero-order valence-corrected chi connectivity index (χ0v) is 13.7. The lowest BCUT2D eigenvalue weighted by atomic mass is 10.1. The largest absolute Gasteiger partial charge is 0.493 e. The Labute approximate surface area is 138 Å². The van der Waals surface area contributed by atoms with Crippen LogP contribution in [0, 0.1) is 0 Å².